The number of rotatable bonds is 6. The van der Waals surface area contributed by atoms with Crippen molar-refractivity contribution in [3.05, 3.63) is 101 Å². The molecule has 6 heteroatoms. The molecule has 2 N–H and O–H groups in total. The quantitative estimate of drug-likeness (QED) is 0.446. The van der Waals surface area contributed by atoms with E-state index < -0.39 is 0 Å². The molecule has 35 heavy (non-hydrogen) atoms. The van der Waals surface area contributed by atoms with Crippen LogP contribution in [0.1, 0.15) is 31.0 Å². The fourth-order valence-corrected chi connectivity index (χ4v) is 4.16. The van der Waals surface area contributed by atoms with Crippen LogP contribution in [0.15, 0.2) is 90.2 Å². The van der Waals surface area contributed by atoms with Crippen LogP contribution in [-0.4, -0.2) is 40.8 Å². The van der Waals surface area contributed by atoms with E-state index in [2.05, 4.69) is 27.1 Å². The monoisotopic (exact) mass is 468 g/mol. The van der Waals surface area contributed by atoms with Crippen molar-refractivity contribution >= 4 is 11.5 Å². The summed E-state index contributed by atoms with van der Waals surface area (Å²) in [5.74, 6) is 0.132. The third kappa shape index (κ3) is 6.22. The Bertz CT molecular complexity index is 1240. The zero-order valence-corrected chi connectivity index (χ0v) is 20.4. The number of carbonyl (C=O) groups is 1. The van der Waals surface area contributed by atoms with E-state index in [1.54, 1.807) is 12.3 Å². The van der Waals surface area contributed by atoms with Crippen molar-refractivity contribution in [3.63, 3.8) is 0 Å². The minimum Gasteiger partial charge on any atom is -0.462 e. The Balaban J connectivity index is 1.51. The summed E-state index contributed by atoms with van der Waals surface area (Å²) in [7, 11) is 0. The standard InChI is InChI=1S/C29H32N4O2/c1-4-23(29(34)35-19-22-13-15-30-16-14-22)17-25-9-6-8-24(12-11-20(25)2)26-18-31-33-28(26)27-10-5-7-21(3)32-27/h4-12,17-18,22,30H,2,13-16,19H2,1,3H3,(H,31,33)/b9-6+,12-11-,23-4+,24-8-,25-17-. The summed E-state index contributed by atoms with van der Waals surface area (Å²) in [4.78, 5) is 17.3. The number of hydrogen-bond acceptors (Lipinski definition) is 5. The van der Waals surface area contributed by atoms with E-state index in [4.69, 9.17) is 4.74 Å². The molecule has 3 heterocycles. The van der Waals surface area contributed by atoms with E-state index in [1.807, 2.05) is 68.5 Å². The van der Waals surface area contributed by atoms with Crippen LogP contribution in [0, 0.1) is 12.8 Å². The molecule has 2 aromatic rings. The van der Waals surface area contributed by atoms with Gasteiger partial charge in [0.05, 0.1) is 29.8 Å². The topological polar surface area (TPSA) is 79.9 Å². The summed E-state index contributed by atoms with van der Waals surface area (Å²) in [6.45, 7) is 10.5. The SMILES string of the molecule is C=C1\C=C/C(c2cn[nH]c2-c2cccc(C)n2)=C/C=C/C1=C/C(=C\C)C(=O)OCC1CCNCC1. The minimum atomic E-state index is -0.296. The lowest BCUT2D eigenvalue weighted by atomic mass is 9.97. The molecule has 0 atom stereocenters. The van der Waals surface area contributed by atoms with Crippen molar-refractivity contribution < 1.29 is 9.53 Å². The fraction of sp³-hybridized carbons (Fsp3) is 0.276. The molecular weight excluding hydrogens is 436 g/mol. The zero-order chi connectivity index (χ0) is 24.6. The first-order valence-electron chi connectivity index (χ1n) is 12.0. The summed E-state index contributed by atoms with van der Waals surface area (Å²) in [5.41, 5.74) is 6.79. The Morgan fingerprint density at radius 2 is 2.06 bits per heavy atom. The number of nitrogens with zero attached hydrogens (tertiary/aromatic N) is 2. The van der Waals surface area contributed by atoms with Crippen LogP contribution in [0.25, 0.3) is 17.0 Å². The van der Waals surface area contributed by atoms with Gasteiger partial charge < -0.3 is 10.1 Å². The van der Waals surface area contributed by atoms with Gasteiger partial charge in [-0.2, -0.15) is 5.10 Å². The number of ether oxygens (including phenoxy) is 1. The normalized spacial score (nSPS) is 21.7. The van der Waals surface area contributed by atoms with Crippen LogP contribution < -0.4 is 5.32 Å². The van der Waals surface area contributed by atoms with Gasteiger partial charge in [-0.25, -0.2) is 4.79 Å². The average Bonchev–Trinajstić information content (AvgIpc) is 3.35. The molecule has 1 aliphatic carbocycles. The Morgan fingerprint density at radius 3 is 2.83 bits per heavy atom. The molecule has 1 aliphatic heterocycles. The second-order valence-corrected chi connectivity index (χ2v) is 8.80. The molecule has 1 saturated heterocycles. The maximum absolute atomic E-state index is 12.7. The summed E-state index contributed by atoms with van der Waals surface area (Å²) >= 11 is 0. The molecule has 0 unspecified atom stereocenters. The smallest absolute Gasteiger partial charge is 0.337 e. The zero-order valence-electron chi connectivity index (χ0n) is 20.4. The molecule has 0 radical (unpaired) electrons. The number of H-pyrrole nitrogens is 1. The van der Waals surface area contributed by atoms with Gasteiger partial charge in [0.1, 0.15) is 0 Å². The maximum Gasteiger partial charge on any atom is 0.337 e. The summed E-state index contributed by atoms with van der Waals surface area (Å²) in [6, 6.07) is 5.92. The number of hydrogen-bond donors (Lipinski definition) is 2. The molecule has 0 bridgehead atoms. The van der Waals surface area contributed by atoms with Crippen LogP contribution in [0.4, 0.5) is 0 Å². The number of pyridine rings is 1. The van der Waals surface area contributed by atoms with Crippen molar-refractivity contribution in [2.24, 2.45) is 5.92 Å². The van der Waals surface area contributed by atoms with Gasteiger partial charge >= 0.3 is 5.97 Å². The molecular formula is C29H32N4O2. The van der Waals surface area contributed by atoms with E-state index >= 15 is 0 Å². The van der Waals surface area contributed by atoms with Crippen molar-refractivity contribution in [2.75, 3.05) is 19.7 Å². The highest BCUT2D eigenvalue weighted by Crippen LogP contribution is 2.29. The molecule has 4 rings (SSSR count). The number of aromatic amines is 1. The lowest BCUT2D eigenvalue weighted by Crippen LogP contribution is -2.30. The molecule has 0 spiro atoms. The highest BCUT2D eigenvalue weighted by Gasteiger charge is 2.17. The van der Waals surface area contributed by atoms with E-state index in [9.17, 15) is 4.79 Å². The second kappa shape index (κ2) is 11.6. The first kappa shape index (κ1) is 24.4. The Morgan fingerprint density at radius 1 is 1.23 bits per heavy atom. The number of esters is 1. The third-order valence-corrected chi connectivity index (χ3v) is 6.25. The molecule has 0 amide bonds. The number of nitrogens with one attached hydrogen (secondary N) is 2. The van der Waals surface area contributed by atoms with Gasteiger partial charge in [0.25, 0.3) is 0 Å². The minimum absolute atomic E-state index is 0.296. The molecule has 2 aliphatic rings. The highest BCUT2D eigenvalue weighted by atomic mass is 16.5. The lowest BCUT2D eigenvalue weighted by Gasteiger charge is -2.22. The van der Waals surface area contributed by atoms with Gasteiger partial charge in [-0.05, 0) is 80.6 Å². The Kier molecular flexibility index (Phi) is 8.06. The van der Waals surface area contributed by atoms with Gasteiger partial charge in [-0.15, -0.1) is 0 Å². The van der Waals surface area contributed by atoms with Crippen LogP contribution >= 0.6 is 0 Å². The van der Waals surface area contributed by atoms with Crippen LogP contribution in [0.2, 0.25) is 0 Å². The lowest BCUT2D eigenvalue weighted by molar-refractivity contribution is -0.140. The molecule has 0 saturated carbocycles. The fourth-order valence-electron chi connectivity index (χ4n) is 4.16. The van der Waals surface area contributed by atoms with E-state index in [1.165, 1.54) is 0 Å². The summed E-state index contributed by atoms with van der Waals surface area (Å²) in [6.07, 6.45) is 17.4. The summed E-state index contributed by atoms with van der Waals surface area (Å²) in [5, 5.41) is 10.7. The number of allylic oxidation sites excluding steroid dienone is 9. The van der Waals surface area contributed by atoms with E-state index in [-0.39, 0.29) is 5.97 Å². The Labute approximate surface area is 206 Å². The number of aryl methyl sites for hydroxylation is 1. The largest absolute Gasteiger partial charge is 0.462 e. The third-order valence-electron chi connectivity index (χ3n) is 6.25. The summed E-state index contributed by atoms with van der Waals surface area (Å²) < 4.78 is 5.62. The Hall–Kier alpha value is -3.77. The van der Waals surface area contributed by atoms with Gasteiger partial charge in [0.15, 0.2) is 0 Å². The van der Waals surface area contributed by atoms with Crippen LogP contribution in [0.3, 0.4) is 0 Å². The molecule has 180 valence electrons. The molecule has 2 aromatic heterocycles. The first-order chi connectivity index (χ1) is 17.0. The molecule has 0 aromatic carbocycles. The van der Waals surface area contributed by atoms with Gasteiger partial charge in [-0.3, -0.25) is 10.1 Å². The molecule has 1 fully saturated rings. The number of piperidine rings is 1. The van der Waals surface area contributed by atoms with E-state index in [0.29, 0.717) is 18.1 Å². The van der Waals surface area contributed by atoms with Gasteiger partial charge in [-0.1, -0.05) is 49.1 Å². The first-order valence-corrected chi connectivity index (χ1v) is 12.0. The van der Waals surface area contributed by atoms with Crippen LogP contribution in [-0.2, 0) is 9.53 Å². The average molecular weight is 469 g/mol. The predicted molar refractivity (Wildman–Crippen MR) is 140 cm³/mol. The van der Waals surface area contributed by atoms with Crippen molar-refractivity contribution in [1.82, 2.24) is 20.5 Å². The predicted octanol–water partition coefficient (Wildman–Crippen LogP) is 5.26. The van der Waals surface area contributed by atoms with E-state index in [0.717, 1.165) is 65.3 Å². The van der Waals surface area contributed by atoms with Crippen molar-refractivity contribution in [3.8, 4) is 11.4 Å². The van der Waals surface area contributed by atoms with Gasteiger partial charge in [0, 0.05) is 11.3 Å². The van der Waals surface area contributed by atoms with Gasteiger partial charge in [0.2, 0.25) is 0 Å². The van der Waals surface area contributed by atoms with Crippen molar-refractivity contribution in [2.45, 2.75) is 26.7 Å². The highest BCUT2D eigenvalue weighted by molar-refractivity contribution is 5.92. The second-order valence-electron chi connectivity index (χ2n) is 8.80. The maximum atomic E-state index is 12.7. The number of carbonyl (C=O) groups excluding carboxylic acids is 1. The van der Waals surface area contributed by atoms with Crippen LogP contribution in [0.5, 0.6) is 0 Å². The molecule has 6 nitrogen and oxygen atoms in total. The van der Waals surface area contributed by atoms with Crippen molar-refractivity contribution in [1.29, 1.82) is 0 Å². The number of aromatic nitrogens is 3.